The van der Waals surface area contributed by atoms with Crippen molar-refractivity contribution in [3.05, 3.63) is 34.5 Å². The third-order valence-electron chi connectivity index (χ3n) is 3.57. The topological polar surface area (TPSA) is 87.1 Å². The summed E-state index contributed by atoms with van der Waals surface area (Å²) in [7, 11) is 1.76. The molecular weight excluding hydrogens is 282 g/mol. The van der Waals surface area contributed by atoms with Crippen LogP contribution in [0.5, 0.6) is 0 Å². The minimum Gasteiger partial charge on any atom is -0.361 e. The van der Waals surface area contributed by atoms with E-state index in [1.807, 2.05) is 33.8 Å². The number of hydrogen-bond donors (Lipinski definition) is 2. The summed E-state index contributed by atoms with van der Waals surface area (Å²) in [5.41, 5.74) is 3.73. The Balaban J connectivity index is 1.88. The zero-order valence-corrected chi connectivity index (χ0v) is 13.7. The number of aromatic amines is 1. The van der Waals surface area contributed by atoms with Crippen LogP contribution in [0.15, 0.2) is 10.6 Å². The van der Waals surface area contributed by atoms with Crippen LogP contribution in [0.3, 0.4) is 0 Å². The largest absolute Gasteiger partial charge is 0.361 e. The molecule has 0 aliphatic heterocycles. The average molecular weight is 305 g/mol. The van der Waals surface area contributed by atoms with Crippen molar-refractivity contribution in [2.45, 2.75) is 46.7 Å². The van der Waals surface area contributed by atoms with E-state index in [0.29, 0.717) is 13.0 Å². The molecule has 2 rings (SSSR count). The highest BCUT2D eigenvalue weighted by molar-refractivity contribution is 5.74. The van der Waals surface area contributed by atoms with Crippen molar-refractivity contribution in [3.8, 4) is 0 Å². The van der Waals surface area contributed by atoms with Gasteiger partial charge in [0.05, 0.1) is 17.9 Å². The van der Waals surface area contributed by atoms with Crippen molar-refractivity contribution in [3.63, 3.8) is 0 Å². The fraction of sp³-hybridized carbons (Fsp3) is 0.533. The van der Waals surface area contributed by atoms with E-state index >= 15 is 0 Å². The molecule has 22 heavy (non-hydrogen) atoms. The molecule has 2 aromatic rings. The first-order valence-electron chi connectivity index (χ1n) is 7.31. The normalized spacial score (nSPS) is 12.2. The van der Waals surface area contributed by atoms with Gasteiger partial charge in [-0.25, -0.2) is 4.79 Å². The molecule has 120 valence electrons. The minimum absolute atomic E-state index is 0.00215. The lowest BCUT2D eigenvalue weighted by atomic mass is 10.2. The van der Waals surface area contributed by atoms with E-state index in [9.17, 15) is 4.79 Å². The Morgan fingerprint density at radius 3 is 2.73 bits per heavy atom. The lowest BCUT2D eigenvalue weighted by Gasteiger charge is -2.21. The van der Waals surface area contributed by atoms with Gasteiger partial charge < -0.3 is 14.7 Å². The number of urea groups is 1. The van der Waals surface area contributed by atoms with Crippen LogP contribution in [0.2, 0.25) is 0 Å². The second-order valence-corrected chi connectivity index (χ2v) is 5.76. The number of aryl methyl sites for hydroxylation is 3. The highest BCUT2D eigenvalue weighted by Crippen LogP contribution is 2.14. The lowest BCUT2D eigenvalue weighted by Crippen LogP contribution is -2.42. The van der Waals surface area contributed by atoms with Crippen molar-refractivity contribution in [1.29, 1.82) is 0 Å². The van der Waals surface area contributed by atoms with Gasteiger partial charge in [0, 0.05) is 30.8 Å². The van der Waals surface area contributed by atoms with Crippen LogP contribution >= 0.6 is 0 Å². The number of H-pyrrole nitrogens is 1. The lowest BCUT2D eigenvalue weighted by molar-refractivity contribution is 0.203. The van der Waals surface area contributed by atoms with E-state index in [1.165, 1.54) is 0 Å². The number of nitrogens with zero attached hydrogens (tertiary/aromatic N) is 3. The molecular formula is C15H23N5O2. The molecule has 0 aliphatic rings. The summed E-state index contributed by atoms with van der Waals surface area (Å²) in [5, 5.41) is 14.0. The van der Waals surface area contributed by atoms with Crippen LogP contribution in [0.1, 0.15) is 35.3 Å². The Labute approximate surface area is 130 Å². The predicted molar refractivity (Wildman–Crippen MR) is 82.5 cm³/mol. The molecule has 0 aromatic carbocycles. The van der Waals surface area contributed by atoms with Crippen molar-refractivity contribution in [2.24, 2.45) is 0 Å². The Bertz CT molecular complexity index is 627. The molecule has 0 saturated carbocycles. The Kier molecular flexibility index (Phi) is 4.85. The predicted octanol–water partition coefficient (Wildman–Crippen LogP) is 2.10. The van der Waals surface area contributed by atoms with Gasteiger partial charge in [-0.2, -0.15) is 5.10 Å². The van der Waals surface area contributed by atoms with Gasteiger partial charge in [0.1, 0.15) is 5.76 Å². The number of carbonyl (C=O) groups excluding carboxylic acids is 1. The maximum Gasteiger partial charge on any atom is 0.317 e. The van der Waals surface area contributed by atoms with Crippen LogP contribution < -0.4 is 5.32 Å². The number of carbonyl (C=O) groups is 1. The summed E-state index contributed by atoms with van der Waals surface area (Å²) < 4.78 is 5.12. The van der Waals surface area contributed by atoms with Crippen LogP contribution in [0, 0.1) is 20.8 Å². The number of aromatic nitrogens is 3. The van der Waals surface area contributed by atoms with Gasteiger partial charge in [0.15, 0.2) is 0 Å². The summed E-state index contributed by atoms with van der Waals surface area (Å²) in [4.78, 5) is 13.9. The molecule has 2 N–H and O–H groups in total. The molecule has 2 heterocycles. The Morgan fingerprint density at radius 2 is 2.18 bits per heavy atom. The molecule has 0 fully saturated rings. The Morgan fingerprint density at radius 1 is 1.45 bits per heavy atom. The first-order chi connectivity index (χ1) is 10.4. The van der Waals surface area contributed by atoms with E-state index in [4.69, 9.17) is 4.52 Å². The van der Waals surface area contributed by atoms with Crippen LogP contribution in [-0.2, 0) is 13.0 Å². The first kappa shape index (κ1) is 16.1. The average Bonchev–Trinajstić information content (AvgIpc) is 2.98. The zero-order valence-electron chi connectivity index (χ0n) is 13.7. The summed E-state index contributed by atoms with van der Waals surface area (Å²) in [6.45, 7) is 8.12. The third kappa shape index (κ3) is 3.87. The van der Waals surface area contributed by atoms with Crippen LogP contribution in [0.4, 0.5) is 4.79 Å². The molecule has 0 bridgehead atoms. The van der Waals surface area contributed by atoms with Crippen LogP contribution in [0.25, 0.3) is 0 Å². The van der Waals surface area contributed by atoms with E-state index in [1.54, 1.807) is 11.9 Å². The van der Waals surface area contributed by atoms with Gasteiger partial charge in [-0.15, -0.1) is 0 Å². The quantitative estimate of drug-likeness (QED) is 0.885. The van der Waals surface area contributed by atoms with Gasteiger partial charge in [-0.1, -0.05) is 5.16 Å². The fourth-order valence-electron chi connectivity index (χ4n) is 2.30. The number of hydrogen-bond acceptors (Lipinski definition) is 4. The maximum atomic E-state index is 12.2. The number of nitrogens with one attached hydrogen (secondary N) is 2. The summed E-state index contributed by atoms with van der Waals surface area (Å²) in [5.74, 6) is 0.747. The number of rotatable bonds is 5. The summed E-state index contributed by atoms with van der Waals surface area (Å²) in [6, 6.07) is 1.86. The van der Waals surface area contributed by atoms with Gasteiger partial charge in [-0.05, 0) is 33.8 Å². The Hall–Kier alpha value is -2.31. The van der Waals surface area contributed by atoms with E-state index < -0.39 is 0 Å². The standard InChI is InChI=1S/C15H23N5O2/c1-9(6-13-7-10(2)17-18-13)16-15(21)20(5)8-14-11(3)19-22-12(14)4/h7,9H,6,8H2,1-5H3,(H,16,21)(H,17,18). The van der Waals surface area contributed by atoms with Crippen molar-refractivity contribution in [2.75, 3.05) is 7.05 Å². The monoisotopic (exact) mass is 305 g/mol. The molecule has 0 radical (unpaired) electrons. The summed E-state index contributed by atoms with van der Waals surface area (Å²) >= 11 is 0. The molecule has 0 saturated heterocycles. The molecule has 0 spiro atoms. The number of amides is 2. The molecule has 2 amide bonds. The van der Waals surface area contributed by atoms with Crippen LogP contribution in [-0.4, -0.2) is 39.4 Å². The van der Waals surface area contributed by atoms with E-state index in [-0.39, 0.29) is 12.1 Å². The second kappa shape index (κ2) is 6.64. The highest BCUT2D eigenvalue weighted by atomic mass is 16.5. The first-order valence-corrected chi connectivity index (χ1v) is 7.31. The van der Waals surface area contributed by atoms with E-state index in [2.05, 4.69) is 20.7 Å². The van der Waals surface area contributed by atoms with Gasteiger partial charge in [0.2, 0.25) is 0 Å². The van der Waals surface area contributed by atoms with E-state index in [0.717, 1.165) is 28.4 Å². The van der Waals surface area contributed by atoms with Crippen molar-refractivity contribution in [1.82, 2.24) is 25.6 Å². The molecule has 1 unspecified atom stereocenters. The zero-order chi connectivity index (χ0) is 16.3. The second-order valence-electron chi connectivity index (χ2n) is 5.76. The van der Waals surface area contributed by atoms with Gasteiger partial charge in [0.25, 0.3) is 0 Å². The molecule has 1 atom stereocenters. The molecule has 0 aliphatic carbocycles. The van der Waals surface area contributed by atoms with Crippen molar-refractivity contribution >= 4 is 6.03 Å². The SMILES string of the molecule is Cc1cc(CC(C)NC(=O)N(C)Cc2c(C)noc2C)n[nH]1. The smallest absolute Gasteiger partial charge is 0.317 e. The maximum absolute atomic E-state index is 12.2. The molecule has 7 heteroatoms. The summed E-state index contributed by atoms with van der Waals surface area (Å²) in [6.07, 6.45) is 0.690. The molecule has 2 aromatic heterocycles. The van der Waals surface area contributed by atoms with Crippen molar-refractivity contribution < 1.29 is 9.32 Å². The third-order valence-corrected chi connectivity index (χ3v) is 3.57. The fourth-order valence-corrected chi connectivity index (χ4v) is 2.30. The van der Waals surface area contributed by atoms with Gasteiger partial charge in [-0.3, -0.25) is 5.10 Å². The highest BCUT2D eigenvalue weighted by Gasteiger charge is 2.17. The minimum atomic E-state index is -0.125. The van der Waals surface area contributed by atoms with Gasteiger partial charge >= 0.3 is 6.03 Å². The molecule has 7 nitrogen and oxygen atoms in total.